The minimum absolute atomic E-state index is 0.199. The molecule has 4 heteroatoms. The van der Waals surface area contributed by atoms with Crippen molar-refractivity contribution in [1.29, 1.82) is 0 Å². The highest BCUT2D eigenvalue weighted by molar-refractivity contribution is 14.1. The van der Waals surface area contributed by atoms with Gasteiger partial charge in [-0.25, -0.2) is 9.97 Å². The van der Waals surface area contributed by atoms with Crippen LogP contribution in [0, 0.1) is 3.57 Å². The molecule has 19 heavy (non-hydrogen) atoms. The maximum atomic E-state index is 4.68. The van der Waals surface area contributed by atoms with Gasteiger partial charge in [0.05, 0.1) is 3.57 Å². The average Bonchev–Trinajstić information content (AvgIpc) is 2.42. The highest BCUT2D eigenvalue weighted by Crippen LogP contribution is 2.30. The number of halogens is 1. The minimum Gasteiger partial charge on any atom is -0.369 e. The zero-order chi connectivity index (χ0) is 13.9. The molecule has 1 aromatic heterocycles. The smallest absolute Gasteiger partial charge is 0.143 e. The van der Waals surface area contributed by atoms with E-state index >= 15 is 0 Å². The molecule has 0 saturated heterocycles. The Kier molecular flexibility index (Phi) is 4.39. The van der Waals surface area contributed by atoms with E-state index < -0.39 is 0 Å². The van der Waals surface area contributed by atoms with Crippen LogP contribution in [0.5, 0.6) is 0 Å². The summed E-state index contributed by atoms with van der Waals surface area (Å²) < 4.78 is 1.05. The Labute approximate surface area is 128 Å². The van der Waals surface area contributed by atoms with Gasteiger partial charge in [0.1, 0.15) is 11.6 Å². The van der Waals surface area contributed by atoms with Gasteiger partial charge >= 0.3 is 0 Å². The fourth-order valence-electron chi connectivity index (χ4n) is 1.94. The standard InChI is InChI=1S/C15H18IN3/c1-4-17-13-12(16)10-18-14(19-13)15(2,3)11-8-6-5-7-9-11/h5-10H,4H2,1-3H3,(H,17,18,19). The van der Waals surface area contributed by atoms with Crippen molar-refractivity contribution in [3.05, 3.63) is 51.5 Å². The molecule has 2 rings (SSSR count). The SMILES string of the molecule is CCNc1nc(C(C)(C)c2ccccc2)ncc1I. The van der Waals surface area contributed by atoms with Crippen molar-refractivity contribution in [3.63, 3.8) is 0 Å². The summed E-state index contributed by atoms with van der Waals surface area (Å²) >= 11 is 2.26. The molecule has 2 aromatic rings. The summed E-state index contributed by atoms with van der Waals surface area (Å²) in [4.78, 5) is 9.19. The molecule has 3 nitrogen and oxygen atoms in total. The topological polar surface area (TPSA) is 37.8 Å². The van der Waals surface area contributed by atoms with Gasteiger partial charge in [0.15, 0.2) is 0 Å². The quantitative estimate of drug-likeness (QED) is 0.835. The van der Waals surface area contributed by atoms with Crippen molar-refractivity contribution in [3.8, 4) is 0 Å². The highest BCUT2D eigenvalue weighted by atomic mass is 127. The molecule has 100 valence electrons. The number of aromatic nitrogens is 2. The van der Waals surface area contributed by atoms with Crippen LogP contribution in [0.3, 0.4) is 0 Å². The summed E-state index contributed by atoms with van der Waals surface area (Å²) in [5.41, 5.74) is 1.02. The molecule has 0 spiro atoms. The lowest BCUT2D eigenvalue weighted by Gasteiger charge is -2.24. The summed E-state index contributed by atoms with van der Waals surface area (Å²) in [6.07, 6.45) is 1.88. The van der Waals surface area contributed by atoms with Crippen molar-refractivity contribution in [2.24, 2.45) is 0 Å². The van der Waals surface area contributed by atoms with E-state index in [2.05, 4.69) is 82.9 Å². The predicted molar refractivity (Wildman–Crippen MR) is 87.5 cm³/mol. The fraction of sp³-hybridized carbons (Fsp3) is 0.333. The van der Waals surface area contributed by atoms with Gasteiger partial charge in [-0.1, -0.05) is 30.3 Å². The summed E-state index contributed by atoms with van der Waals surface area (Å²) in [7, 11) is 0. The second-order valence-electron chi connectivity index (χ2n) is 4.91. The van der Waals surface area contributed by atoms with Crippen LogP contribution >= 0.6 is 22.6 Å². The normalized spacial score (nSPS) is 11.4. The van der Waals surface area contributed by atoms with Crippen molar-refractivity contribution in [2.45, 2.75) is 26.2 Å². The lowest BCUT2D eigenvalue weighted by Crippen LogP contribution is -2.23. The maximum Gasteiger partial charge on any atom is 0.143 e. The Morgan fingerprint density at radius 1 is 1.21 bits per heavy atom. The largest absolute Gasteiger partial charge is 0.369 e. The zero-order valence-electron chi connectivity index (χ0n) is 11.4. The summed E-state index contributed by atoms with van der Waals surface area (Å²) in [5, 5.41) is 3.28. The van der Waals surface area contributed by atoms with E-state index in [4.69, 9.17) is 0 Å². The van der Waals surface area contributed by atoms with Gasteiger partial charge in [-0.3, -0.25) is 0 Å². The van der Waals surface area contributed by atoms with Crippen LogP contribution in [0.15, 0.2) is 36.5 Å². The van der Waals surface area contributed by atoms with Gasteiger partial charge in [-0.2, -0.15) is 0 Å². The van der Waals surface area contributed by atoms with Gasteiger partial charge in [0.25, 0.3) is 0 Å². The first-order valence-corrected chi connectivity index (χ1v) is 7.46. The molecule has 1 N–H and O–H groups in total. The Morgan fingerprint density at radius 2 is 1.89 bits per heavy atom. The van der Waals surface area contributed by atoms with Crippen LogP contribution in [-0.2, 0) is 5.41 Å². The molecule has 0 aliphatic heterocycles. The first-order chi connectivity index (χ1) is 9.05. The fourth-order valence-corrected chi connectivity index (χ4v) is 2.39. The molecule has 0 radical (unpaired) electrons. The number of benzene rings is 1. The van der Waals surface area contributed by atoms with Crippen molar-refractivity contribution < 1.29 is 0 Å². The molecule has 0 amide bonds. The van der Waals surface area contributed by atoms with Gasteiger partial charge in [0, 0.05) is 18.2 Å². The lowest BCUT2D eigenvalue weighted by molar-refractivity contribution is 0.590. The van der Waals surface area contributed by atoms with E-state index in [0.717, 1.165) is 21.8 Å². The Hall–Kier alpha value is -1.17. The van der Waals surface area contributed by atoms with E-state index in [1.165, 1.54) is 5.56 Å². The van der Waals surface area contributed by atoms with E-state index in [1.54, 1.807) is 0 Å². The molecule has 0 atom stereocenters. The second-order valence-corrected chi connectivity index (χ2v) is 6.07. The minimum atomic E-state index is -0.199. The number of hydrogen-bond acceptors (Lipinski definition) is 3. The van der Waals surface area contributed by atoms with Crippen LogP contribution in [0.1, 0.15) is 32.2 Å². The molecule has 1 aromatic carbocycles. The molecule has 0 aliphatic rings. The molecule has 0 fully saturated rings. The Bertz CT molecular complexity index is 553. The first-order valence-electron chi connectivity index (χ1n) is 6.38. The van der Waals surface area contributed by atoms with Crippen LogP contribution in [0.25, 0.3) is 0 Å². The summed E-state index contributed by atoms with van der Waals surface area (Å²) in [6, 6.07) is 10.4. The van der Waals surface area contributed by atoms with Gasteiger partial charge in [0.2, 0.25) is 0 Å². The predicted octanol–water partition coefficient (Wildman–Crippen LogP) is 3.84. The maximum absolute atomic E-state index is 4.68. The van der Waals surface area contributed by atoms with Crippen molar-refractivity contribution >= 4 is 28.4 Å². The van der Waals surface area contributed by atoms with Crippen LogP contribution < -0.4 is 5.32 Å². The summed E-state index contributed by atoms with van der Waals surface area (Å²) in [6.45, 7) is 7.24. The summed E-state index contributed by atoms with van der Waals surface area (Å²) in [5.74, 6) is 1.76. The van der Waals surface area contributed by atoms with Gasteiger partial charge in [-0.15, -0.1) is 0 Å². The molecule has 1 heterocycles. The lowest BCUT2D eigenvalue weighted by atomic mass is 9.84. The Morgan fingerprint density at radius 3 is 2.53 bits per heavy atom. The van der Waals surface area contributed by atoms with Crippen molar-refractivity contribution in [2.75, 3.05) is 11.9 Å². The number of nitrogens with zero attached hydrogens (tertiary/aromatic N) is 2. The molecular weight excluding hydrogens is 349 g/mol. The van der Waals surface area contributed by atoms with E-state index in [0.29, 0.717) is 0 Å². The Balaban J connectivity index is 2.43. The van der Waals surface area contributed by atoms with E-state index in [9.17, 15) is 0 Å². The first kappa shape index (κ1) is 14.2. The molecule has 0 unspecified atom stereocenters. The second kappa shape index (κ2) is 5.86. The van der Waals surface area contributed by atoms with E-state index in [1.807, 2.05) is 12.3 Å². The van der Waals surface area contributed by atoms with Gasteiger partial charge in [-0.05, 0) is 48.9 Å². The van der Waals surface area contributed by atoms with Crippen molar-refractivity contribution in [1.82, 2.24) is 9.97 Å². The molecule has 0 bridgehead atoms. The van der Waals surface area contributed by atoms with Crippen LogP contribution in [-0.4, -0.2) is 16.5 Å². The third-order valence-electron chi connectivity index (χ3n) is 3.14. The zero-order valence-corrected chi connectivity index (χ0v) is 13.6. The average molecular weight is 367 g/mol. The molecule has 0 aliphatic carbocycles. The number of hydrogen-bond donors (Lipinski definition) is 1. The highest BCUT2D eigenvalue weighted by Gasteiger charge is 2.26. The van der Waals surface area contributed by atoms with Gasteiger partial charge < -0.3 is 5.32 Å². The third kappa shape index (κ3) is 3.05. The van der Waals surface area contributed by atoms with E-state index in [-0.39, 0.29) is 5.41 Å². The number of nitrogens with one attached hydrogen (secondary N) is 1. The van der Waals surface area contributed by atoms with Crippen LogP contribution in [0.2, 0.25) is 0 Å². The third-order valence-corrected chi connectivity index (χ3v) is 3.93. The van der Waals surface area contributed by atoms with Crippen LogP contribution in [0.4, 0.5) is 5.82 Å². The monoisotopic (exact) mass is 367 g/mol. The number of anilines is 1. The number of rotatable bonds is 4. The molecule has 0 saturated carbocycles. The molecular formula is C15H18IN3.